The maximum absolute atomic E-state index is 12.4. The lowest BCUT2D eigenvalue weighted by atomic mass is 10.1. The predicted octanol–water partition coefficient (Wildman–Crippen LogP) is 2.46. The Bertz CT molecular complexity index is 695. The molecular weight excluding hydrogens is 294 g/mol. The van der Waals surface area contributed by atoms with Crippen molar-refractivity contribution in [3.63, 3.8) is 0 Å². The van der Waals surface area contributed by atoms with Crippen LogP contribution in [0.15, 0.2) is 22.7 Å². The summed E-state index contributed by atoms with van der Waals surface area (Å²) in [6, 6.07) is 4.88. The molecule has 0 spiro atoms. The van der Waals surface area contributed by atoms with Crippen LogP contribution in [0.4, 0.5) is 0 Å². The first-order valence-corrected chi connectivity index (χ1v) is 6.89. The van der Waals surface area contributed by atoms with Gasteiger partial charge in [0, 0.05) is 5.02 Å². The molecule has 0 saturated heterocycles. The average molecular weight is 308 g/mol. The minimum absolute atomic E-state index is 0.253. The molecule has 1 aliphatic rings. The van der Waals surface area contributed by atoms with E-state index >= 15 is 0 Å². The zero-order chi connectivity index (χ0) is 15.0. The van der Waals surface area contributed by atoms with Crippen molar-refractivity contribution in [1.29, 1.82) is 0 Å². The molecular formula is C14H14ClN3O3. The van der Waals surface area contributed by atoms with Crippen LogP contribution in [0.25, 0.3) is 0 Å². The molecule has 0 aliphatic heterocycles. The number of aryl methyl sites for hydroxylation is 1. The summed E-state index contributed by atoms with van der Waals surface area (Å²) in [7, 11) is 1.50. The number of nitrogens with zero attached hydrogens (tertiary/aromatic N) is 2. The smallest absolute Gasteiger partial charge is 0.255 e. The van der Waals surface area contributed by atoms with E-state index < -0.39 is 5.54 Å². The number of benzene rings is 1. The molecule has 0 bridgehead atoms. The number of hydrogen-bond donors (Lipinski definition) is 1. The molecule has 0 atom stereocenters. The summed E-state index contributed by atoms with van der Waals surface area (Å²) in [5, 5.41) is 7.23. The van der Waals surface area contributed by atoms with Crippen molar-refractivity contribution >= 4 is 17.5 Å². The number of hydrogen-bond acceptors (Lipinski definition) is 5. The van der Waals surface area contributed by atoms with E-state index in [9.17, 15) is 4.79 Å². The van der Waals surface area contributed by atoms with Gasteiger partial charge in [-0.25, -0.2) is 0 Å². The highest BCUT2D eigenvalue weighted by Crippen LogP contribution is 2.45. The van der Waals surface area contributed by atoms with Crippen LogP contribution in [0.1, 0.15) is 34.9 Å². The number of methoxy groups -OCH3 is 1. The summed E-state index contributed by atoms with van der Waals surface area (Å²) in [5.41, 5.74) is -0.132. The first-order chi connectivity index (χ1) is 10.0. The van der Waals surface area contributed by atoms with Gasteiger partial charge < -0.3 is 14.6 Å². The minimum atomic E-state index is -0.553. The van der Waals surface area contributed by atoms with Crippen LogP contribution >= 0.6 is 11.6 Å². The monoisotopic (exact) mass is 307 g/mol. The van der Waals surface area contributed by atoms with E-state index in [4.69, 9.17) is 20.9 Å². The fraction of sp³-hybridized carbons (Fsp3) is 0.357. The Morgan fingerprint density at radius 1 is 1.48 bits per heavy atom. The third kappa shape index (κ3) is 2.58. The zero-order valence-electron chi connectivity index (χ0n) is 11.6. The van der Waals surface area contributed by atoms with Crippen molar-refractivity contribution < 1.29 is 14.1 Å². The molecule has 21 heavy (non-hydrogen) atoms. The molecule has 1 N–H and O–H groups in total. The summed E-state index contributed by atoms with van der Waals surface area (Å²) in [6.45, 7) is 1.74. The maximum Gasteiger partial charge on any atom is 0.255 e. The van der Waals surface area contributed by atoms with Gasteiger partial charge in [0.25, 0.3) is 11.8 Å². The largest absolute Gasteiger partial charge is 0.496 e. The number of halogens is 1. The van der Waals surface area contributed by atoms with Gasteiger partial charge in [-0.2, -0.15) is 4.98 Å². The molecule has 6 nitrogen and oxygen atoms in total. The molecule has 3 rings (SSSR count). The number of nitrogens with one attached hydrogen (secondary N) is 1. The number of rotatable bonds is 4. The summed E-state index contributed by atoms with van der Waals surface area (Å²) in [6.07, 6.45) is 1.55. The highest BCUT2D eigenvalue weighted by atomic mass is 35.5. The van der Waals surface area contributed by atoms with E-state index in [1.54, 1.807) is 25.1 Å². The third-order valence-electron chi connectivity index (χ3n) is 3.45. The summed E-state index contributed by atoms with van der Waals surface area (Å²) < 4.78 is 10.4. The Balaban J connectivity index is 1.84. The van der Waals surface area contributed by atoms with E-state index in [0.29, 0.717) is 28.1 Å². The Hall–Kier alpha value is -2.08. The quantitative estimate of drug-likeness (QED) is 0.939. The van der Waals surface area contributed by atoms with Gasteiger partial charge in [-0.1, -0.05) is 16.8 Å². The van der Waals surface area contributed by atoms with Crippen LogP contribution in [0.2, 0.25) is 5.02 Å². The number of amides is 1. The zero-order valence-corrected chi connectivity index (χ0v) is 12.4. The van der Waals surface area contributed by atoms with Crippen LogP contribution in [-0.2, 0) is 5.54 Å². The Labute approximate surface area is 126 Å². The Morgan fingerprint density at radius 3 is 2.81 bits per heavy atom. The van der Waals surface area contributed by atoms with Crippen molar-refractivity contribution in [2.24, 2.45) is 0 Å². The fourth-order valence-electron chi connectivity index (χ4n) is 2.15. The van der Waals surface area contributed by atoms with Crippen LogP contribution in [0.3, 0.4) is 0 Å². The van der Waals surface area contributed by atoms with Crippen LogP contribution < -0.4 is 10.1 Å². The molecule has 0 unspecified atom stereocenters. The van der Waals surface area contributed by atoms with E-state index in [0.717, 1.165) is 12.8 Å². The molecule has 1 fully saturated rings. The highest BCUT2D eigenvalue weighted by Gasteiger charge is 2.51. The van der Waals surface area contributed by atoms with Gasteiger partial charge in [-0.15, -0.1) is 0 Å². The highest BCUT2D eigenvalue weighted by molar-refractivity contribution is 6.30. The van der Waals surface area contributed by atoms with Crippen molar-refractivity contribution in [3.05, 3.63) is 40.5 Å². The first kappa shape index (κ1) is 13.9. The van der Waals surface area contributed by atoms with Gasteiger partial charge in [-0.05, 0) is 38.0 Å². The second-order valence-corrected chi connectivity index (χ2v) is 5.46. The number of aromatic nitrogens is 2. The van der Waals surface area contributed by atoms with Crippen LogP contribution in [-0.4, -0.2) is 23.2 Å². The van der Waals surface area contributed by atoms with E-state index in [2.05, 4.69) is 15.5 Å². The molecule has 1 saturated carbocycles. The normalized spacial score (nSPS) is 15.6. The summed E-state index contributed by atoms with van der Waals surface area (Å²) in [5.74, 6) is 1.17. The molecule has 1 heterocycles. The lowest BCUT2D eigenvalue weighted by Gasteiger charge is -2.14. The van der Waals surface area contributed by atoms with E-state index in [1.807, 2.05) is 0 Å². The van der Waals surface area contributed by atoms with Crippen LogP contribution in [0, 0.1) is 6.92 Å². The molecule has 0 radical (unpaired) electrons. The molecule has 1 amide bonds. The number of carbonyl (C=O) groups is 1. The SMILES string of the molecule is COc1cc(Cl)ccc1C(=O)NC1(c2nc(C)no2)CC1. The van der Waals surface area contributed by atoms with Crippen molar-refractivity contribution in [2.75, 3.05) is 7.11 Å². The average Bonchev–Trinajstić information content (AvgIpc) is 3.10. The molecule has 1 aromatic carbocycles. The Morgan fingerprint density at radius 2 is 2.24 bits per heavy atom. The van der Waals surface area contributed by atoms with Crippen molar-refractivity contribution in [3.8, 4) is 5.75 Å². The number of carbonyl (C=O) groups excluding carboxylic acids is 1. The molecule has 7 heteroatoms. The van der Waals surface area contributed by atoms with Gasteiger partial charge >= 0.3 is 0 Å². The topological polar surface area (TPSA) is 77.2 Å². The molecule has 110 valence electrons. The van der Waals surface area contributed by atoms with Gasteiger partial charge in [-0.3, -0.25) is 4.79 Å². The maximum atomic E-state index is 12.4. The minimum Gasteiger partial charge on any atom is -0.496 e. The standard InChI is InChI=1S/C14H14ClN3O3/c1-8-16-13(21-18-8)14(5-6-14)17-12(19)10-4-3-9(15)7-11(10)20-2/h3-4,7H,5-6H2,1-2H3,(H,17,19). The van der Waals surface area contributed by atoms with Gasteiger partial charge in [0.2, 0.25) is 0 Å². The van der Waals surface area contributed by atoms with Crippen molar-refractivity contribution in [2.45, 2.75) is 25.3 Å². The predicted molar refractivity (Wildman–Crippen MR) is 75.4 cm³/mol. The van der Waals surface area contributed by atoms with E-state index in [1.165, 1.54) is 7.11 Å². The van der Waals surface area contributed by atoms with Gasteiger partial charge in [0.1, 0.15) is 11.3 Å². The Kier molecular flexibility index (Phi) is 3.33. The third-order valence-corrected chi connectivity index (χ3v) is 3.68. The molecule has 1 aliphatic carbocycles. The lowest BCUT2D eigenvalue weighted by molar-refractivity contribution is 0.0917. The van der Waals surface area contributed by atoms with E-state index in [-0.39, 0.29) is 5.91 Å². The summed E-state index contributed by atoms with van der Waals surface area (Å²) >= 11 is 5.90. The summed E-state index contributed by atoms with van der Waals surface area (Å²) in [4.78, 5) is 16.7. The van der Waals surface area contributed by atoms with Gasteiger partial charge in [0.05, 0.1) is 12.7 Å². The van der Waals surface area contributed by atoms with Crippen LogP contribution in [0.5, 0.6) is 5.75 Å². The lowest BCUT2D eigenvalue weighted by Crippen LogP contribution is -2.35. The number of ether oxygens (including phenoxy) is 1. The fourth-order valence-corrected chi connectivity index (χ4v) is 2.31. The van der Waals surface area contributed by atoms with Gasteiger partial charge in [0.15, 0.2) is 5.82 Å². The first-order valence-electron chi connectivity index (χ1n) is 6.51. The molecule has 1 aromatic heterocycles. The molecule has 2 aromatic rings. The second kappa shape index (κ2) is 5.04. The second-order valence-electron chi connectivity index (χ2n) is 5.03. The van der Waals surface area contributed by atoms with Crippen molar-refractivity contribution in [1.82, 2.24) is 15.5 Å².